The first-order chi connectivity index (χ1) is 9.19. The number of fused-ring (bicyclic) bond motifs is 1. The van der Waals surface area contributed by atoms with E-state index < -0.39 is 5.91 Å². The maximum absolute atomic E-state index is 11.0. The molecule has 2 rings (SSSR count). The Kier molecular flexibility index (Phi) is 3.98. The molecule has 19 heavy (non-hydrogen) atoms. The van der Waals surface area contributed by atoms with Gasteiger partial charge < -0.3 is 10.4 Å². The SMILES string of the molecule is CCc1ccn2c(NCC(=O)NO)c(CO)nc2c1. The molecule has 0 spiro atoms. The number of rotatable bonds is 5. The van der Waals surface area contributed by atoms with Gasteiger partial charge in [0.05, 0.1) is 13.2 Å². The second kappa shape index (κ2) is 5.68. The zero-order valence-electron chi connectivity index (χ0n) is 10.6. The van der Waals surface area contributed by atoms with Crippen molar-refractivity contribution in [3.63, 3.8) is 0 Å². The minimum absolute atomic E-state index is 0.104. The second-order valence-corrected chi connectivity index (χ2v) is 4.07. The molecule has 0 saturated carbocycles. The van der Waals surface area contributed by atoms with Crippen LogP contribution in [0.4, 0.5) is 5.82 Å². The Balaban J connectivity index is 2.37. The molecule has 102 valence electrons. The average Bonchev–Trinajstić information content (AvgIpc) is 2.81. The van der Waals surface area contributed by atoms with E-state index in [2.05, 4.69) is 10.3 Å². The Morgan fingerprint density at radius 3 is 2.95 bits per heavy atom. The van der Waals surface area contributed by atoms with Crippen LogP contribution in [0.5, 0.6) is 0 Å². The van der Waals surface area contributed by atoms with Crippen molar-refractivity contribution in [2.24, 2.45) is 0 Å². The molecule has 0 aliphatic carbocycles. The van der Waals surface area contributed by atoms with Crippen LogP contribution in [0.3, 0.4) is 0 Å². The van der Waals surface area contributed by atoms with Crippen LogP contribution < -0.4 is 10.8 Å². The van der Waals surface area contributed by atoms with Gasteiger partial charge in [0.1, 0.15) is 17.2 Å². The quantitative estimate of drug-likeness (QED) is 0.460. The molecule has 0 saturated heterocycles. The van der Waals surface area contributed by atoms with Crippen LogP contribution in [0, 0.1) is 0 Å². The number of hydroxylamine groups is 1. The highest BCUT2D eigenvalue weighted by Gasteiger charge is 2.12. The number of anilines is 1. The summed E-state index contributed by atoms with van der Waals surface area (Å²) in [4.78, 5) is 15.3. The largest absolute Gasteiger partial charge is 0.390 e. The molecule has 2 heterocycles. The first-order valence-electron chi connectivity index (χ1n) is 5.97. The molecule has 4 N–H and O–H groups in total. The van der Waals surface area contributed by atoms with Crippen molar-refractivity contribution < 1.29 is 15.1 Å². The van der Waals surface area contributed by atoms with E-state index in [0.29, 0.717) is 17.2 Å². The molecule has 0 unspecified atom stereocenters. The molecule has 0 aromatic carbocycles. The van der Waals surface area contributed by atoms with E-state index in [0.717, 1.165) is 12.0 Å². The van der Waals surface area contributed by atoms with E-state index in [-0.39, 0.29) is 13.2 Å². The minimum Gasteiger partial charge on any atom is -0.390 e. The Hall–Kier alpha value is -2.12. The standard InChI is InChI=1S/C12H16N4O3/c1-2-8-3-4-16-10(5-8)14-9(7-17)12(16)13-6-11(18)15-19/h3-5,13,17,19H,2,6-7H2,1H3,(H,15,18). The Morgan fingerprint density at radius 2 is 2.32 bits per heavy atom. The maximum Gasteiger partial charge on any atom is 0.262 e. The molecule has 7 nitrogen and oxygen atoms in total. The molecule has 2 aromatic heterocycles. The molecule has 0 atom stereocenters. The molecule has 7 heteroatoms. The summed E-state index contributed by atoms with van der Waals surface area (Å²) in [5, 5.41) is 20.6. The Labute approximate surface area is 109 Å². The maximum atomic E-state index is 11.0. The molecular formula is C12H16N4O3. The number of carbonyl (C=O) groups is 1. The van der Waals surface area contributed by atoms with Gasteiger partial charge in [0, 0.05) is 6.20 Å². The highest BCUT2D eigenvalue weighted by Crippen LogP contribution is 2.19. The van der Waals surface area contributed by atoms with E-state index in [4.69, 9.17) is 5.21 Å². The third-order valence-corrected chi connectivity index (χ3v) is 2.86. The third-order valence-electron chi connectivity index (χ3n) is 2.86. The number of nitrogens with one attached hydrogen (secondary N) is 2. The lowest BCUT2D eigenvalue weighted by atomic mass is 10.2. The Bertz CT molecular complexity index is 594. The lowest BCUT2D eigenvalue weighted by Crippen LogP contribution is -2.27. The zero-order valence-corrected chi connectivity index (χ0v) is 10.6. The smallest absolute Gasteiger partial charge is 0.262 e. The summed E-state index contributed by atoms with van der Waals surface area (Å²) in [5.74, 6) is -0.0206. The zero-order chi connectivity index (χ0) is 13.8. The summed E-state index contributed by atoms with van der Waals surface area (Å²) < 4.78 is 1.76. The van der Waals surface area contributed by atoms with Crippen molar-refractivity contribution in [3.05, 3.63) is 29.6 Å². The molecule has 1 amide bonds. The van der Waals surface area contributed by atoms with E-state index in [9.17, 15) is 9.90 Å². The lowest BCUT2D eigenvalue weighted by molar-refractivity contribution is -0.127. The third kappa shape index (κ3) is 2.67. The first kappa shape index (κ1) is 13.3. The second-order valence-electron chi connectivity index (χ2n) is 4.07. The molecular weight excluding hydrogens is 248 g/mol. The van der Waals surface area contributed by atoms with Crippen LogP contribution in [-0.2, 0) is 17.8 Å². The summed E-state index contributed by atoms with van der Waals surface area (Å²) in [5.41, 5.74) is 3.84. The van der Waals surface area contributed by atoms with E-state index in [1.807, 2.05) is 25.3 Å². The highest BCUT2D eigenvalue weighted by atomic mass is 16.5. The normalized spacial score (nSPS) is 10.7. The monoisotopic (exact) mass is 264 g/mol. The van der Waals surface area contributed by atoms with Gasteiger partial charge >= 0.3 is 0 Å². The van der Waals surface area contributed by atoms with Gasteiger partial charge in [0.2, 0.25) is 0 Å². The number of nitrogens with zero attached hydrogens (tertiary/aromatic N) is 2. The number of pyridine rings is 1. The number of aliphatic hydroxyl groups excluding tert-OH is 1. The van der Waals surface area contributed by atoms with Crippen LogP contribution in [0.2, 0.25) is 0 Å². The van der Waals surface area contributed by atoms with Crippen molar-refractivity contribution in [2.75, 3.05) is 11.9 Å². The Morgan fingerprint density at radius 1 is 1.53 bits per heavy atom. The summed E-state index contributed by atoms with van der Waals surface area (Å²) in [6, 6.07) is 3.88. The van der Waals surface area contributed by atoms with Gasteiger partial charge in [-0.15, -0.1) is 0 Å². The van der Waals surface area contributed by atoms with Gasteiger partial charge in [-0.2, -0.15) is 0 Å². The van der Waals surface area contributed by atoms with E-state index in [1.54, 1.807) is 4.40 Å². The molecule has 0 aliphatic rings. The lowest BCUT2D eigenvalue weighted by Gasteiger charge is -2.07. The van der Waals surface area contributed by atoms with Crippen LogP contribution in [0.25, 0.3) is 5.65 Å². The van der Waals surface area contributed by atoms with Gasteiger partial charge in [-0.05, 0) is 24.1 Å². The number of imidazole rings is 1. The predicted molar refractivity (Wildman–Crippen MR) is 68.9 cm³/mol. The number of hydrogen-bond acceptors (Lipinski definition) is 5. The van der Waals surface area contributed by atoms with Gasteiger partial charge in [0.15, 0.2) is 0 Å². The number of amides is 1. The topological polar surface area (TPSA) is 98.9 Å². The molecule has 2 aromatic rings. The van der Waals surface area contributed by atoms with Crippen LogP contribution >= 0.6 is 0 Å². The fourth-order valence-electron chi connectivity index (χ4n) is 1.86. The number of hydrogen-bond donors (Lipinski definition) is 4. The number of aryl methyl sites for hydroxylation is 1. The first-order valence-corrected chi connectivity index (χ1v) is 5.97. The average molecular weight is 264 g/mol. The fourth-order valence-corrected chi connectivity index (χ4v) is 1.86. The van der Waals surface area contributed by atoms with Gasteiger partial charge in [-0.1, -0.05) is 6.92 Å². The number of aliphatic hydroxyl groups is 1. The summed E-state index contributed by atoms with van der Waals surface area (Å²) in [6.07, 6.45) is 2.73. The van der Waals surface area contributed by atoms with Crippen LogP contribution in [0.1, 0.15) is 18.2 Å². The predicted octanol–water partition coefficient (Wildman–Crippen LogP) is 0.306. The van der Waals surface area contributed by atoms with Crippen molar-refractivity contribution in [1.82, 2.24) is 14.9 Å². The summed E-state index contributed by atoms with van der Waals surface area (Å²) >= 11 is 0. The van der Waals surface area contributed by atoms with E-state index in [1.165, 1.54) is 5.48 Å². The van der Waals surface area contributed by atoms with Crippen LogP contribution in [-0.4, -0.2) is 32.2 Å². The fraction of sp³-hybridized carbons (Fsp3) is 0.333. The van der Waals surface area contributed by atoms with Crippen molar-refractivity contribution in [2.45, 2.75) is 20.0 Å². The summed E-state index contributed by atoms with van der Waals surface area (Å²) in [6.45, 7) is 1.71. The van der Waals surface area contributed by atoms with E-state index >= 15 is 0 Å². The molecule has 0 fully saturated rings. The minimum atomic E-state index is -0.566. The van der Waals surface area contributed by atoms with Crippen molar-refractivity contribution in [3.8, 4) is 0 Å². The molecule has 0 bridgehead atoms. The highest BCUT2D eigenvalue weighted by molar-refractivity contribution is 5.79. The van der Waals surface area contributed by atoms with Gasteiger partial charge in [-0.3, -0.25) is 14.4 Å². The van der Waals surface area contributed by atoms with Crippen molar-refractivity contribution in [1.29, 1.82) is 0 Å². The molecule has 0 radical (unpaired) electrons. The van der Waals surface area contributed by atoms with Crippen LogP contribution in [0.15, 0.2) is 18.3 Å². The summed E-state index contributed by atoms with van der Waals surface area (Å²) in [7, 11) is 0. The van der Waals surface area contributed by atoms with Gasteiger partial charge in [0.25, 0.3) is 5.91 Å². The van der Waals surface area contributed by atoms with Crippen molar-refractivity contribution >= 4 is 17.4 Å². The molecule has 0 aliphatic heterocycles. The van der Waals surface area contributed by atoms with Gasteiger partial charge in [-0.25, -0.2) is 10.5 Å². The number of carbonyl (C=O) groups excluding carboxylic acids is 1. The number of aromatic nitrogens is 2.